The largest absolute Gasteiger partial charge is 0.396 e. The van der Waals surface area contributed by atoms with E-state index in [1.165, 1.54) is 23.0 Å². The number of rotatable bonds is 1. The topological polar surface area (TPSA) is 43.8 Å². The van der Waals surface area contributed by atoms with Crippen molar-refractivity contribution in [1.82, 2.24) is 9.78 Å². The van der Waals surface area contributed by atoms with Gasteiger partial charge in [-0.05, 0) is 19.1 Å². The number of hydrogen-bond donors (Lipinski definition) is 1. The van der Waals surface area contributed by atoms with E-state index in [4.69, 9.17) is 5.73 Å². The van der Waals surface area contributed by atoms with Gasteiger partial charge in [0.15, 0.2) is 0 Å². The van der Waals surface area contributed by atoms with Crippen LogP contribution in [-0.2, 0) is 0 Å². The van der Waals surface area contributed by atoms with Crippen molar-refractivity contribution < 1.29 is 8.78 Å². The molecule has 0 saturated heterocycles. The third kappa shape index (κ3) is 1.68. The minimum Gasteiger partial charge on any atom is -0.396 e. The molecule has 3 nitrogen and oxygen atoms in total. The van der Waals surface area contributed by atoms with E-state index in [-0.39, 0.29) is 0 Å². The smallest absolute Gasteiger partial charge is 0.128 e. The summed E-state index contributed by atoms with van der Waals surface area (Å²) < 4.78 is 27.3. The van der Waals surface area contributed by atoms with Crippen molar-refractivity contribution in [2.45, 2.75) is 6.92 Å². The van der Waals surface area contributed by atoms with Crippen molar-refractivity contribution in [3.05, 3.63) is 41.7 Å². The molecule has 0 saturated carbocycles. The molecule has 0 bridgehead atoms. The van der Waals surface area contributed by atoms with Gasteiger partial charge in [0, 0.05) is 6.07 Å². The van der Waals surface area contributed by atoms with E-state index in [1.54, 1.807) is 6.92 Å². The Morgan fingerprint density at radius 1 is 1.20 bits per heavy atom. The predicted octanol–water partition coefficient (Wildman–Crippen LogP) is 2.04. The Kier molecular flexibility index (Phi) is 2.15. The fourth-order valence-corrected chi connectivity index (χ4v) is 1.34. The number of halogens is 2. The average molecular weight is 209 g/mol. The molecule has 0 spiro atoms. The van der Waals surface area contributed by atoms with Gasteiger partial charge < -0.3 is 5.73 Å². The number of aromatic nitrogens is 2. The maximum atomic E-state index is 12.9. The number of hydrogen-bond acceptors (Lipinski definition) is 2. The molecule has 2 N–H and O–H groups in total. The first kappa shape index (κ1) is 9.64. The first-order valence-corrected chi connectivity index (χ1v) is 4.34. The van der Waals surface area contributed by atoms with Crippen molar-refractivity contribution in [2.24, 2.45) is 0 Å². The Labute approximate surface area is 85.1 Å². The Balaban J connectivity index is 2.58. The second kappa shape index (κ2) is 3.34. The fraction of sp³-hybridized carbons (Fsp3) is 0.100. The first-order valence-electron chi connectivity index (χ1n) is 4.34. The molecule has 1 aromatic heterocycles. The zero-order chi connectivity index (χ0) is 11.0. The monoisotopic (exact) mass is 209 g/mol. The average Bonchev–Trinajstić information content (AvgIpc) is 2.46. The molecule has 0 atom stereocenters. The second-order valence-corrected chi connectivity index (χ2v) is 3.22. The Hall–Kier alpha value is -1.91. The van der Waals surface area contributed by atoms with Crippen molar-refractivity contribution in [2.75, 3.05) is 5.73 Å². The van der Waals surface area contributed by atoms with Crippen LogP contribution in [0.2, 0.25) is 0 Å². The number of anilines is 1. The third-order valence-corrected chi connectivity index (χ3v) is 2.14. The molecule has 78 valence electrons. The lowest BCUT2D eigenvalue weighted by Gasteiger charge is -2.04. The zero-order valence-corrected chi connectivity index (χ0v) is 8.04. The SMILES string of the molecule is Cc1c(N)cnn1-c1cc(F)cc(F)c1. The molecule has 0 unspecified atom stereocenters. The van der Waals surface area contributed by atoms with Crippen LogP contribution in [0.3, 0.4) is 0 Å². The molecule has 15 heavy (non-hydrogen) atoms. The molecule has 1 heterocycles. The Bertz CT molecular complexity index is 485. The van der Waals surface area contributed by atoms with Crippen molar-refractivity contribution in [3.8, 4) is 5.69 Å². The van der Waals surface area contributed by atoms with Crippen LogP contribution >= 0.6 is 0 Å². The van der Waals surface area contributed by atoms with Gasteiger partial charge in [-0.3, -0.25) is 0 Å². The summed E-state index contributed by atoms with van der Waals surface area (Å²) in [5.74, 6) is -1.28. The summed E-state index contributed by atoms with van der Waals surface area (Å²) in [6.45, 7) is 1.73. The van der Waals surface area contributed by atoms with Crippen LogP contribution in [0.15, 0.2) is 24.4 Å². The van der Waals surface area contributed by atoms with Crippen molar-refractivity contribution in [1.29, 1.82) is 0 Å². The highest BCUT2D eigenvalue weighted by atomic mass is 19.1. The molecule has 0 aliphatic carbocycles. The van der Waals surface area contributed by atoms with Crippen LogP contribution < -0.4 is 5.73 Å². The number of nitrogens with zero attached hydrogens (tertiary/aromatic N) is 2. The Morgan fingerprint density at radius 3 is 2.27 bits per heavy atom. The Morgan fingerprint density at radius 2 is 1.80 bits per heavy atom. The van der Waals surface area contributed by atoms with Crippen LogP contribution in [0.5, 0.6) is 0 Å². The third-order valence-electron chi connectivity index (χ3n) is 2.14. The first-order chi connectivity index (χ1) is 7.08. The van der Waals surface area contributed by atoms with E-state index < -0.39 is 11.6 Å². The molecule has 2 aromatic rings. The normalized spacial score (nSPS) is 10.6. The van der Waals surface area contributed by atoms with Gasteiger partial charge in [-0.1, -0.05) is 0 Å². The lowest BCUT2D eigenvalue weighted by atomic mass is 10.3. The summed E-state index contributed by atoms with van der Waals surface area (Å²) in [7, 11) is 0. The van der Waals surface area contributed by atoms with Crippen LogP contribution in [0.1, 0.15) is 5.69 Å². The van der Waals surface area contributed by atoms with Gasteiger partial charge in [0.05, 0.1) is 23.3 Å². The molecule has 0 radical (unpaired) electrons. The van der Waals surface area contributed by atoms with Crippen molar-refractivity contribution in [3.63, 3.8) is 0 Å². The van der Waals surface area contributed by atoms with Gasteiger partial charge in [-0.15, -0.1) is 0 Å². The summed E-state index contributed by atoms with van der Waals surface area (Å²) in [5, 5.41) is 3.93. The summed E-state index contributed by atoms with van der Waals surface area (Å²) in [6, 6.07) is 3.21. The molecule has 0 aliphatic heterocycles. The van der Waals surface area contributed by atoms with Crippen LogP contribution in [-0.4, -0.2) is 9.78 Å². The fourth-order valence-electron chi connectivity index (χ4n) is 1.34. The molecular formula is C10H9F2N3. The van der Waals surface area contributed by atoms with E-state index in [1.807, 2.05) is 0 Å². The molecule has 5 heteroatoms. The van der Waals surface area contributed by atoms with E-state index in [9.17, 15) is 8.78 Å². The van der Waals surface area contributed by atoms with E-state index >= 15 is 0 Å². The second-order valence-electron chi connectivity index (χ2n) is 3.22. The van der Waals surface area contributed by atoms with Crippen LogP contribution in [0, 0.1) is 18.6 Å². The summed E-state index contributed by atoms with van der Waals surface area (Å²) in [5.41, 5.74) is 7.04. The maximum Gasteiger partial charge on any atom is 0.128 e. The van der Waals surface area contributed by atoms with E-state index in [0.717, 1.165) is 6.07 Å². The van der Waals surface area contributed by atoms with Gasteiger partial charge >= 0.3 is 0 Å². The summed E-state index contributed by atoms with van der Waals surface area (Å²) in [6.07, 6.45) is 1.44. The number of benzene rings is 1. The quantitative estimate of drug-likeness (QED) is 0.781. The maximum absolute atomic E-state index is 12.9. The predicted molar refractivity (Wildman–Crippen MR) is 52.6 cm³/mol. The number of nitrogens with two attached hydrogens (primary N) is 1. The van der Waals surface area contributed by atoms with Gasteiger partial charge in [-0.2, -0.15) is 5.10 Å². The minimum absolute atomic E-state index is 0.321. The highest BCUT2D eigenvalue weighted by Gasteiger charge is 2.07. The van der Waals surface area contributed by atoms with Gasteiger partial charge in [0.2, 0.25) is 0 Å². The van der Waals surface area contributed by atoms with Gasteiger partial charge in [0.1, 0.15) is 11.6 Å². The molecule has 2 rings (SSSR count). The highest BCUT2D eigenvalue weighted by Crippen LogP contribution is 2.17. The molecular weight excluding hydrogens is 200 g/mol. The lowest BCUT2D eigenvalue weighted by molar-refractivity contribution is 0.579. The molecule has 1 aromatic carbocycles. The minimum atomic E-state index is -0.640. The molecule has 0 amide bonds. The van der Waals surface area contributed by atoms with Crippen molar-refractivity contribution >= 4 is 5.69 Å². The van der Waals surface area contributed by atoms with Crippen LogP contribution in [0.4, 0.5) is 14.5 Å². The summed E-state index contributed by atoms with van der Waals surface area (Å²) in [4.78, 5) is 0. The lowest BCUT2D eigenvalue weighted by Crippen LogP contribution is -2.00. The van der Waals surface area contributed by atoms with E-state index in [2.05, 4.69) is 5.10 Å². The molecule has 0 aliphatic rings. The highest BCUT2D eigenvalue weighted by molar-refractivity contribution is 5.45. The molecule has 0 fully saturated rings. The standard InChI is InChI=1S/C10H9F2N3/c1-6-10(13)5-14-15(6)9-3-7(11)2-8(12)4-9/h2-5H,13H2,1H3. The van der Waals surface area contributed by atoms with Gasteiger partial charge in [0.25, 0.3) is 0 Å². The van der Waals surface area contributed by atoms with E-state index in [0.29, 0.717) is 17.1 Å². The van der Waals surface area contributed by atoms with Gasteiger partial charge in [-0.25, -0.2) is 13.5 Å². The zero-order valence-electron chi connectivity index (χ0n) is 8.04. The number of nitrogen functional groups attached to an aromatic ring is 1. The summed E-state index contributed by atoms with van der Waals surface area (Å²) >= 11 is 0. The van der Waals surface area contributed by atoms with Crippen LogP contribution in [0.25, 0.3) is 5.69 Å².